The van der Waals surface area contributed by atoms with Crippen LogP contribution in [0.1, 0.15) is 32.6 Å². The SMILES string of the molecule is CCC1C(=O)NC(=O)CN1C(=O)C1CCCC1C(=O)O. The van der Waals surface area contributed by atoms with Crippen LogP contribution in [0, 0.1) is 11.8 Å². The Bertz CT molecular complexity index is 462. The monoisotopic (exact) mass is 282 g/mol. The van der Waals surface area contributed by atoms with Crippen molar-refractivity contribution in [2.24, 2.45) is 11.8 Å². The first-order valence-electron chi connectivity index (χ1n) is 6.82. The highest BCUT2D eigenvalue weighted by Crippen LogP contribution is 2.34. The van der Waals surface area contributed by atoms with Gasteiger partial charge < -0.3 is 10.0 Å². The van der Waals surface area contributed by atoms with Gasteiger partial charge in [-0.05, 0) is 19.3 Å². The third-order valence-electron chi connectivity index (χ3n) is 4.08. The smallest absolute Gasteiger partial charge is 0.307 e. The van der Waals surface area contributed by atoms with Crippen LogP contribution in [0.15, 0.2) is 0 Å². The van der Waals surface area contributed by atoms with Gasteiger partial charge in [-0.15, -0.1) is 0 Å². The lowest BCUT2D eigenvalue weighted by Gasteiger charge is -2.35. The van der Waals surface area contributed by atoms with Gasteiger partial charge in [-0.1, -0.05) is 13.3 Å². The number of carbonyl (C=O) groups excluding carboxylic acids is 3. The molecular weight excluding hydrogens is 264 g/mol. The van der Waals surface area contributed by atoms with Gasteiger partial charge in [-0.3, -0.25) is 24.5 Å². The van der Waals surface area contributed by atoms with E-state index < -0.39 is 35.7 Å². The number of rotatable bonds is 3. The van der Waals surface area contributed by atoms with Crippen molar-refractivity contribution >= 4 is 23.7 Å². The molecule has 1 saturated carbocycles. The number of hydrogen-bond acceptors (Lipinski definition) is 4. The summed E-state index contributed by atoms with van der Waals surface area (Å²) in [5.74, 6) is -3.70. The molecule has 2 aliphatic rings. The number of imide groups is 1. The van der Waals surface area contributed by atoms with Gasteiger partial charge in [0.05, 0.1) is 11.8 Å². The Kier molecular flexibility index (Phi) is 4.06. The third-order valence-corrected chi connectivity index (χ3v) is 4.08. The summed E-state index contributed by atoms with van der Waals surface area (Å²) in [7, 11) is 0. The molecule has 110 valence electrons. The number of hydrogen-bond donors (Lipinski definition) is 2. The first kappa shape index (κ1) is 14.5. The molecule has 3 amide bonds. The first-order valence-corrected chi connectivity index (χ1v) is 6.82. The number of nitrogens with one attached hydrogen (secondary N) is 1. The van der Waals surface area contributed by atoms with Crippen LogP contribution in [0.4, 0.5) is 0 Å². The molecule has 0 radical (unpaired) electrons. The van der Waals surface area contributed by atoms with Crippen molar-refractivity contribution in [2.45, 2.75) is 38.6 Å². The van der Waals surface area contributed by atoms with Crippen LogP contribution in [-0.4, -0.2) is 46.3 Å². The van der Waals surface area contributed by atoms with Crippen molar-refractivity contribution in [3.63, 3.8) is 0 Å². The van der Waals surface area contributed by atoms with Crippen molar-refractivity contribution in [1.82, 2.24) is 10.2 Å². The predicted molar refractivity (Wildman–Crippen MR) is 67.4 cm³/mol. The molecule has 3 unspecified atom stereocenters. The molecular formula is C13H18N2O5. The van der Waals surface area contributed by atoms with E-state index in [-0.39, 0.29) is 12.5 Å². The fourth-order valence-corrected chi connectivity index (χ4v) is 3.07. The molecule has 0 aromatic heterocycles. The lowest BCUT2D eigenvalue weighted by atomic mass is 9.93. The van der Waals surface area contributed by atoms with Gasteiger partial charge in [0, 0.05) is 0 Å². The third kappa shape index (κ3) is 2.52. The summed E-state index contributed by atoms with van der Waals surface area (Å²) in [5.41, 5.74) is 0. The Morgan fingerprint density at radius 2 is 1.95 bits per heavy atom. The highest BCUT2D eigenvalue weighted by molar-refractivity contribution is 6.04. The molecule has 3 atom stereocenters. The Labute approximate surface area is 116 Å². The van der Waals surface area contributed by atoms with Gasteiger partial charge in [0.25, 0.3) is 0 Å². The summed E-state index contributed by atoms with van der Waals surface area (Å²) in [6, 6.07) is -0.685. The second kappa shape index (κ2) is 5.60. The predicted octanol–water partition coefficient (Wildman–Crippen LogP) is -0.249. The fraction of sp³-hybridized carbons (Fsp3) is 0.692. The lowest BCUT2D eigenvalue weighted by molar-refractivity contribution is -0.155. The Hall–Kier alpha value is -1.92. The summed E-state index contributed by atoms with van der Waals surface area (Å²) in [6.45, 7) is 1.58. The van der Waals surface area contributed by atoms with E-state index in [9.17, 15) is 19.2 Å². The van der Waals surface area contributed by atoms with E-state index in [1.54, 1.807) is 6.92 Å². The van der Waals surface area contributed by atoms with Gasteiger partial charge in [0.2, 0.25) is 17.7 Å². The van der Waals surface area contributed by atoms with E-state index in [2.05, 4.69) is 5.32 Å². The van der Waals surface area contributed by atoms with Crippen LogP contribution in [0.3, 0.4) is 0 Å². The number of amides is 3. The largest absolute Gasteiger partial charge is 0.481 e. The molecule has 1 aliphatic heterocycles. The van der Waals surface area contributed by atoms with Gasteiger partial charge in [0.1, 0.15) is 12.6 Å². The van der Waals surface area contributed by atoms with E-state index in [4.69, 9.17) is 5.11 Å². The second-order valence-electron chi connectivity index (χ2n) is 5.28. The van der Waals surface area contributed by atoms with Crippen LogP contribution < -0.4 is 5.32 Å². The molecule has 20 heavy (non-hydrogen) atoms. The molecule has 2 rings (SSSR count). The van der Waals surface area contributed by atoms with Crippen LogP contribution in [-0.2, 0) is 19.2 Å². The van der Waals surface area contributed by atoms with Crippen molar-refractivity contribution in [2.75, 3.05) is 6.54 Å². The maximum Gasteiger partial charge on any atom is 0.307 e. The van der Waals surface area contributed by atoms with E-state index in [1.165, 1.54) is 4.90 Å². The topological polar surface area (TPSA) is 104 Å². The number of carboxylic acid groups (broad SMARTS) is 1. The van der Waals surface area contributed by atoms with Crippen LogP contribution in [0.2, 0.25) is 0 Å². The van der Waals surface area contributed by atoms with Crippen molar-refractivity contribution in [1.29, 1.82) is 0 Å². The molecule has 7 nitrogen and oxygen atoms in total. The highest BCUT2D eigenvalue weighted by Gasteiger charge is 2.44. The molecule has 0 aromatic carbocycles. The van der Waals surface area contributed by atoms with Gasteiger partial charge in [-0.2, -0.15) is 0 Å². The molecule has 7 heteroatoms. The Morgan fingerprint density at radius 1 is 1.30 bits per heavy atom. The molecule has 2 fully saturated rings. The van der Waals surface area contributed by atoms with E-state index >= 15 is 0 Å². The average Bonchev–Trinajstić information content (AvgIpc) is 2.86. The summed E-state index contributed by atoms with van der Waals surface area (Å²) in [6.07, 6.45) is 2.04. The summed E-state index contributed by atoms with van der Waals surface area (Å²) >= 11 is 0. The standard InChI is InChI=1S/C13H18N2O5/c1-2-9-11(17)14-10(16)6-15(9)12(18)7-4-3-5-8(7)13(19)20/h7-9H,2-6H2,1H3,(H,19,20)(H,14,16,17). The maximum absolute atomic E-state index is 12.5. The molecule has 0 aromatic rings. The maximum atomic E-state index is 12.5. The van der Waals surface area contributed by atoms with Gasteiger partial charge >= 0.3 is 5.97 Å². The summed E-state index contributed by atoms with van der Waals surface area (Å²) < 4.78 is 0. The molecule has 1 aliphatic carbocycles. The number of piperazine rings is 1. The minimum absolute atomic E-state index is 0.175. The number of carbonyl (C=O) groups is 4. The molecule has 0 spiro atoms. The van der Waals surface area contributed by atoms with E-state index in [0.717, 1.165) is 0 Å². The van der Waals surface area contributed by atoms with Gasteiger partial charge in [0.15, 0.2) is 0 Å². The number of aliphatic carboxylic acids is 1. The number of carboxylic acids is 1. The summed E-state index contributed by atoms with van der Waals surface area (Å²) in [5, 5.41) is 11.3. The average molecular weight is 282 g/mol. The van der Waals surface area contributed by atoms with Crippen LogP contribution >= 0.6 is 0 Å². The summed E-state index contributed by atoms with van der Waals surface area (Å²) in [4.78, 5) is 48.1. The Balaban J connectivity index is 2.19. The minimum atomic E-state index is -0.985. The second-order valence-corrected chi connectivity index (χ2v) is 5.28. The van der Waals surface area contributed by atoms with Crippen molar-refractivity contribution in [3.05, 3.63) is 0 Å². The van der Waals surface area contributed by atoms with Gasteiger partial charge in [-0.25, -0.2) is 0 Å². The minimum Gasteiger partial charge on any atom is -0.481 e. The van der Waals surface area contributed by atoms with Crippen molar-refractivity contribution < 1.29 is 24.3 Å². The Morgan fingerprint density at radius 3 is 2.55 bits per heavy atom. The fourth-order valence-electron chi connectivity index (χ4n) is 3.07. The quantitative estimate of drug-likeness (QED) is 0.695. The van der Waals surface area contributed by atoms with E-state index in [0.29, 0.717) is 25.7 Å². The van der Waals surface area contributed by atoms with Crippen LogP contribution in [0.25, 0.3) is 0 Å². The number of nitrogens with zero attached hydrogens (tertiary/aromatic N) is 1. The normalized spacial score (nSPS) is 30.2. The molecule has 1 heterocycles. The zero-order valence-electron chi connectivity index (χ0n) is 11.3. The van der Waals surface area contributed by atoms with Crippen molar-refractivity contribution in [3.8, 4) is 0 Å². The lowest BCUT2D eigenvalue weighted by Crippen LogP contribution is -2.60. The molecule has 2 N–H and O–H groups in total. The molecule has 1 saturated heterocycles. The first-order chi connectivity index (χ1) is 9.45. The zero-order chi connectivity index (χ0) is 14.9. The molecule has 0 bridgehead atoms. The zero-order valence-corrected chi connectivity index (χ0v) is 11.3. The highest BCUT2D eigenvalue weighted by atomic mass is 16.4. The van der Waals surface area contributed by atoms with Crippen LogP contribution in [0.5, 0.6) is 0 Å². The van der Waals surface area contributed by atoms with E-state index in [1.807, 2.05) is 0 Å².